The van der Waals surface area contributed by atoms with E-state index in [4.69, 9.17) is 10.5 Å². The molecule has 0 amide bonds. The van der Waals surface area contributed by atoms with Gasteiger partial charge in [0.15, 0.2) is 0 Å². The van der Waals surface area contributed by atoms with Crippen LogP contribution in [0.5, 0.6) is 5.75 Å². The van der Waals surface area contributed by atoms with Crippen molar-refractivity contribution in [3.63, 3.8) is 0 Å². The zero-order valence-corrected chi connectivity index (χ0v) is 12.1. The maximum atomic E-state index is 6.01. The smallest absolute Gasteiger partial charge is 0.119 e. The maximum absolute atomic E-state index is 6.01. The van der Waals surface area contributed by atoms with Gasteiger partial charge in [0.1, 0.15) is 12.4 Å². The van der Waals surface area contributed by atoms with Gasteiger partial charge in [-0.1, -0.05) is 24.1 Å². The van der Waals surface area contributed by atoms with Gasteiger partial charge in [0.05, 0.1) is 0 Å². The van der Waals surface area contributed by atoms with Crippen molar-refractivity contribution in [2.45, 2.75) is 57.7 Å². The Labute approximate surface area is 116 Å². The largest absolute Gasteiger partial charge is 0.492 e. The summed E-state index contributed by atoms with van der Waals surface area (Å²) in [6.07, 6.45) is 4.74. The number of rotatable bonds is 5. The second-order valence-corrected chi connectivity index (χ2v) is 5.82. The van der Waals surface area contributed by atoms with Crippen molar-refractivity contribution in [3.05, 3.63) is 29.8 Å². The highest BCUT2D eigenvalue weighted by Crippen LogP contribution is 2.17. The van der Waals surface area contributed by atoms with Gasteiger partial charge in [0.2, 0.25) is 0 Å². The number of ether oxygens (including phenoxy) is 1. The molecule has 1 aromatic carbocycles. The van der Waals surface area contributed by atoms with Gasteiger partial charge in [-0.25, -0.2) is 0 Å². The molecule has 0 spiro atoms. The SMILES string of the molecule is Cc1ccc(OCC(C)NC2CCCC(N)C2)cc1. The Hall–Kier alpha value is -1.06. The van der Waals surface area contributed by atoms with Crippen molar-refractivity contribution in [3.8, 4) is 5.75 Å². The van der Waals surface area contributed by atoms with Gasteiger partial charge in [0, 0.05) is 18.1 Å². The second kappa shape index (κ2) is 6.92. The van der Waals surface area contributed by atoms with E-state index in [0.29, 0.717) is 24.7 Å². The molecule has 19 heavy (non-hydrogen) atoms. The van der Waals surface area contributed by atoms with Crippen LogP contribution in [0, 0.1) is 6.92 Å². The lowest BCUT2D eigenvalue weighted by Gasteiger charge is -2.30. The van der Waals surface area contributed by atoms with Gasteiger partial charge in [-0.05, 0) is 45.2 Å². The van der Waals surface area contributed by atoms with Crippen LogP contribution in [0.25, 0.3) is 0 Å². The first-order chi connectivity index (χ1) is 9.13. The lowest BCUT2D eigenvalue weighted by atomic mass is 9.91. The molecule has 0 aromatic heterocycles. The molecular weight excluding hydrogens is 236 g/mol. The molecule has 106 valence electrons. The Balaban J connectivity index is 1.72. The minimum absolute atomic E-state index is 0.358. The van der Waals surface area contributed by atoms with Crippen LogP contribution in [0.2, 0.25) is 0 Å². The Morgan fingerprint density at radius 1 is 1.32 bits per heavy atom. The third-order valence-electron chi connectivity index (χ3n) is 3.76. The summed E-state index contributed by atoms with van der Waals surface area (Å²) in [5.74, 6) is 0.944. The van der Waals surface area contributed by atoms with Gasteiger partial charge in [0.25, 0.3) is 0 Å². The Morgan fingerprint density at radius 2 is 2.05 bits per heavy atom. The summed E-state index contributed by atoms with van der Waals surface area (Å²) in [6, 6.07) is 9.49. The monoisotopic (exact) mass is 262 g/mol. The molecule has 3 heteroatoms. The van der Waals surface area contributed by atoms with Crippen molar-refractivity contribution in [1.29, 1.82) is 0 Å². The van der Waals surface area contributed by atoms with Crippen molar-refractivity contribution in [1.82, 2.24) is 5.32 Å². The predicted octanol–water partition coefficient (Wildman–Crippen LogP) is 2.62. The van der Waals surface area contributed by atoms with Crippen LogP contribution in [-0.4, -0.2) is 24.7 Å². The zero-order valence-electron chi connectivity index (χ0n) is 12.1. The van der Waals surface area contributed by atoms with Crippen LogP contribution in [0.4, 0.5) is 0 Å². The molecule has 1 fully saturated rings. The summed E-state index contributed by atoms with van der Waals surface area (Å²) in [6.45, 7) is 4.96. The molecule has 0 aliphatic heterocycles. The molecule has 1 saturated carbocycles. The number of hydrogen-bond donors (Lipinski definition) is 2. The number of nitrogens with two attached hydrogens (primary N) is 1. The van der Waals surface area contributed by atoms with Gasteiger partial charge in [-0.2, -0.15) is 0 Å². The molecule has 0 bridgehead atoms. The minimum atomic E-state index is 0.358. The topological polar surface area (TPSA) is 47.3 Å². The molecule has 1 aromatic rings. The first kappa shape index (κ1) is 14.4. The molecule has 3 atom stereocenters. The van der Waals surface area contributed by atoms with E-state index in [1.54, 1.807) is 0 Å². The fourth-order valence-electron chi connectivity index (χ4n) is 2.69. The standard InChI is InChI=1S/C16H26N2O/c1-12-6-8-16(9-7-12)19-11-13(2)18-15-5-3-4-14(17)10-15/h6-9,13-15,18H,3-5,10-11,17H2,1-2H3. The van der Waals surface area contributed by atoms with E-state index in [9.17, 15) is 0 Å². The maximum Gasteiger partial charge on any atom is 0.119 e. The third kappa shape index (κ3) is 4.84. The average molecular weight is 262 g/mol. The second-order valence-electron chi connectivity index (χ2n) is 5.82. The van der Waals surface area contributed by atoms with E-state index in [2.05, 4.69) is 31.3 Å². The van der Waals surface area contributed by atoms with Crippen molar-refractivity contribution in [2.24, 2.45) is 5.73 Å². The molecule has 3 nitrogen and oxygen atoms in total. The minimum Gasteiger partial charge on any atom is -0.492 e. The van der Waals surface area contributed by atoms with Crippen LogP contribution < -0.4 is 15.8 Å². The molecule has 0 saturated heterocycles. The summed E-state index contributed by atoms with van der Waals surface area (Å²) in [5.41, 5.74) is 7.27. The van der Waals surface area contributed by atoms with Crippen molar-refractivity contribution < 1.29 is 4.74 Å². The van der Waals surface area contributed by atoms with Gasteiger partial charge >= 0.3 is 0 Å². The van der Waals surface area contributed by atoms with Crippen LogP contribution in [0.3, 0.4) is 0 Å². The highest BCUT2D eigenvalue weighted by molar-refractivity contribution is 5.26. The van der Waals surface area contributed by atoms with Crippen LogP contribution in [0.1, 0.15) is 38.2 Å². The highest BCUT2D eigenvalue weighted by Gasteiger charge is 2.20. The average Bonchev–Trinajstić information content (AvgIpc) is 2.38. The molecule has 0 radical (unpaired) electrons. The summed E-state index contributed by atoms with van der Waals surface area (Å²) < 4.78 is 5.80. The Kier molecular flexibility index (Phi) is 5.23. The number of hydrogen-bond acceptors (Lipinski definition) is 3. The predicted molar refractivity (Wildman–Crippen MR) is 79.5 cm³/mol. The third-order valence-corrected chi connectivity index (χ3v) is 3.76. The zero-order chi connectivity index (χ0) is 13.7. The van der Waals surface area contributed by atoms with E-state index in [-0.39, 0.29) is 0 Å². The fourth-order valence-corrected chi connectivity index (χ4v) is 2.69. The van der Waals surface area contributed by atoms with Crippen LogP contribution >= 0.6 is 0 Å². The summed E-state index contributed by atoms with van der Waals surface area (Å²) in [7, 11) is 0. The lowest BCUT2D eigenvalue weighted by molar-refractivity contribution is 0.239. The quantitative estimate of drug-likeness (QED) is 0.857. The first-order valence-corrected chi connectivity index (χ1v) is 7.34. The highest BCUT2D eigenvalue weighted by atomic mass is 16.5. The van der Waals surface area contributed by atoms with Crippen molar-refractivity contribution in [2.75, 3.05) is 6.61 Å². The molecule has 2 rings (SSSR count). The van der Waals surface area contributed by atoms with E-state index in [0.717, 1.165) is 12.2 Å². The lowest BCUT2D eigenvalue weighted by Crippen LogP contribution is -2.45. The summed E-state index contributed by atoms with van der Waals surface area (Å²) in [4.78, 5) is 0. The van der Waals surface area contributed by atoms with Gasteiger partial charge < -0.3 is 15.8 Å². The molecule has 1 aliphatic carbocycles. The number of benzene rings is 1. The van der Waals surface area contributed by atoms with E-state index < -0.39 is 0 Å². The van der Waals surface area contributed by atoms with E-state index in [1.165, 1.54) is 24.8 Å². The molecular formula is C16H26N2O. The van der Waals surface area contributed by atoms with Crippen LogP contribution in [-0.2, 0) is 0 Å². The molecule has 3 unspecified atom stereocenters. The van der Waals surface area contributed by atoms with E-state index >= 15 is 0 Å². The summed E-state index contributed by atoms with van der Waals surface area (Å²) >= 11 is 0. The van der Waals surface area contributed by atoms with Crippen molar-refractivity contribution >= 4 is 0 Å². The first-order valence-electron chi connectivity index (χ1n) is 7.34. The Morgan fingerprint density at radius 3 is 2.74 bits per heavy atom. The number of aryl methyl sites for hydroxylation is 1. The van der Waals surface area contributed by atoms with E-state index in [1.807, 2.05) is 12.1 Å². The molecule has 1 aliphatic rings. The molecule has 3 N–H and O–H groups in total. The van der Waals surface area contributed by atoms with Gasteiger partial charge in [-0.3, -0.25) is 0 Å². The van der Waals surface area contributed by atoms with Gasteiger partial charge in [-0.15, -0.1) is 0 Å². The summed E-state index contributed by atoms with van der Waals surface area (Å²) in [5, 5.41) is 3.63. The number of nitrogens with one attached hydrogen (secondary N) is 1. The Bertz CT molecular complexity index is 377. The normalized spacial score (nSPS) is 25.0. The molecule has 0 heterocycles. The fraction of sp³-hybridized carbons (Fsp3) is 0.625. The van der Waals surface area contributed by atoms with Crippen LogP contribution in [0.15, 0.2) is 24.3 Å².